The Hall–Kier alpha value is -2.45. The molecule has 1 unspecified atom stereocenters. The second kappa shape index (κ2) is 5.39. The van der Waals surface area contributed by atoms with E-state index in [0.717, 1.165) is 0 Å². The number of aromatic nitrogens is 2. The summed E-state index contributed by atoms with van der Waals surface area (Å²) in [6.45, 7) is 2.84. The highest BCUT2D eigenvalue weighted by atomic mass is 16.6. The molecule has 9 heteroatoms. The van der Waals surface area contributed by atoms with Gasteiger partial charge in [0.05, 0.1) is 19.5 Å². The van der Waals surface area contributed by atoms with Crippen LogP contribution in [0.4, 0.5) is 0 Å². The third-order valence-corrected chi connectivity index (χ3v) is 4.15. The first-order valence-electron chi connectivity index (χ1n) is 7.07. The zero-order chi connectivity index (χ0) is 15.9. The van der Waals surface area contributed by atoms with E-state index in [9.17, 15) is 14.4 Å². The van der Waals surface area contributed by atoms with Gasteiger partial charge in [0, 0.05) is 20.1 Å². The van der Waals surface area contributed by atoms with Crippen LogP contribution in [0.1, 0.15) is 11.4 Å². The quantitative estimate of drug-likeness (QED) is 0.654. The Morgan fingerprint density at radius 3 is 2.77 bits per heavy atom. The average Bonchev–Trinajstić information content (AvgIpc) is 2.89. The number of hydrogen-bond donors (Lipinski definition) is 0. The molecular weight excluding hydrogens is 290 g/mol. The second-order valence-corrected chi connectivity index (χ2v) is 5.61. The van der Waals surface area contributed by atoms with Gasteiger partial charge >= 0.3 is 0 Å². The SMILES string of the molecule is Cc1nonc1CC(=O)N1CCN2C(=O)CN(C)C(=O)C2C1. The second-order valence-electron chi connectivity index (χ2n) is 5.61. The number of carbonyl (C=O) groups is 3. The molecule has 2 saturated heterocycles. The van der Waals surface area contributed by atoms with Crippen molar-refractivity contribution in [2.75, 3.05) is 33.2 Å². The maximum absolute atomic E-state index is 12.4. The van der Waals surface area contributed by atoms with Crippen molar-refractivity contribution in [2.45, 2.75) is 19.4 Å². The van der Waals surface area contributed by atoms with Crippen molar-refractivity contribution in [2.24, 2.45) is 0 Å². The molecule has 1 atom stereocenters. The van der Waals surface area contributed by atoms with E-state index >= 15 is 0 Å². The fourth-order valence-electron chi connectivity index (χ4n) is 2.81. The van der Waals surface area contributed by atoms with Gasteiger partial charge in [-0.05, 0) is 6.92 Å². The first kappa shape index (κ1) is 14.5. The standard InChI is InChI=1S/C13H17N5O4/c1-8-9(15-22-14-8)5-11(19)17-3-4-18-10(6-17)13(21)16(2)7-12(18)20/h10H,3-7H2,1-2H3. The number of amides is 3. The molecule has 0 aliphatic carbocycles. The Morgan fingerprint density at radius 2 is 2.09 bits per heavy atom. The predicted octanol–water partition coefficient (Wildman–Crippen LogP) is -1.57. The van der Waals surface area contributed by atoms with Gasteiger partial charge in [-0.1, -0.05) is 10.3 Å². The van der Waals surface area contributed by atoms with E-state index in [2.05, 4.69) is 14.9 Å². The van der Waals surface area contributed by atoms with Gasteiger partial charge in [0.2, 0.25) is 17.7 Å². The molecule has 0 N–H and O–H groups in total. The molecule has 22 heavy (non-hydrogen) atoms. The van der Waals surface area contributed by atoms with E-state index in [-0.39, 0.29) is 37.2 Å². The average molecular weight is 307 g/mol. The van der Waals surface area contributed by atoms with Gasteiger partial charge in [0.1, 0.15) is 17.4 Å². The van der Waals surface area contributed by atoms with Gasteiger partial charge in [-0.3, -0.25) is 14.4 Å². The van der Waals surface area contributed by atoms with Crippen LogP contribution in [-0.4, -0.2) is 82.0 Å². The minimum Gasteiger partial charge on any atom is -0.338 e. The van der Waals surface area contributed by atoms with Gasteiger partial charge in [-0.25, -0.2) is 4.63 Å². The largest absolute Gasteiger partial charge is 0.338 e. The van der Waals surface area contributed by atoms with E-state index in [1.165, 1.54) is 4.90 Å². The molecule has 9 nitrogen and oxygen atoms in total. The van der Waals surface area contributed by atoms with E-state index in [4.69, 9.17) is 0 Å². The zero-order valence-corrected chi connectivity index (χ0v) is 12.5. The van der Waals surface area contributed by atoms with Crippen LogP contribution < -0.4 is 0 Å². The molecule has 0 bridgehead atoms. The maximum Gasteiger partial charge on any atom is 0.247 e. The highest BCUT2D eigenvalue weighted by Crippen LogP contribution is 2.18. The molecule has 118 valence electrons. The van der Waals surface area contributed by atoms with Crippen LogP contribution in [0.25, 0.3) is 0 Å². The molecule has 1 aromatic heterocycles. The third kappa shape index (κ3) is 2.42. The van der Waals surface area contributed by atoms with Gasteiger partial charge in [0.15, 0.2) is 0 Å². The Kier molecular flexibility index (Phi) is 3.55. The highest BCUT2D eigenvalue weighted by molar-refractivity contribution is 5.95. The Labute approximate surface area is 126 Å². The molecular formula is C13H17N5O4. The smallest absolute Gasteiger partial charge is 0.247 e. The van der Waals surface area contributed by atoms with Crippen molar-refractivity contribution in [3.05, 3.63) is 11.4 Å². The fourth-order valence-corrected chi connectivity index (χ4v) is 2.81. The molecule has 0 spiro atoms. The van der Waals surface area contributed by atoms with Crippen LogP contribution in [-0.2, 0) is 20.8 Å². The first-order valence-corrected chi connectivity index (χ1v) is 7.07. The van der Waals surface area contributed by atoms with Crippen molar-refractivity contribution in [3.63, 3.8) is 0 Å². The third-order valence-electron chi connectivity index (χ3n) is 4.15. The number of hydrogen-bond acceptors (Lipinski definition) is 6. The van der Waals surface area contributed by atoms with E-state index in [1.807, 2.05) is 0 Å². The lowest BCUT2D eigenvalue weighted by Gasteiger charge is -2.45. The minimum atomic E-state index is -0.583. The summed E-state index contributed by atoms with van der Waals surface area (Å²) in [7, 11) is 1.60. The number of piperazine rings is 2. The maximum atomic E-state index is 12.4. The number of aryl methyl sites for hydroxylation is 1. The van der Waals surface area contributed by atoms with Gasteiger partial charge in [-0.15, -0.1) is 0 Å². The van der Waals surface area contributed by atoms with E-state index < -0.39 is 6.04 Å². The molecule has 1 aromatic rings. The lowest BCUT2D eigenvalue weighted by molar-refractivity contribution is -0.160. The zero-order valence-electron chi connectivity index (χ0n) is 12.5. The van der Waals surface area contributed by atoms with Crippen molar-refractivity contribution in [1.29, 1.82) is 0 Å². The van der Waals surface area contributed by atoms with Gasteiger partial charge in [0.25, 0.3) is 0 Å². The van der Waals surface area contributed by atoms with Crippen LogP contribution in [0.3, 0.4) is 0 Å². The Balaban J connectivity index is 1.70. The lowest BCUT2D eigenvalue weighted by atomic mass is 10.1. The van der Waals surface area contributed by atoms with Crippen molar-refractivity contribution in [3.8, 4) is 0 Å². The number of carbonyl (C=O) groups excluding carboxylic acids is 3. The molecule has 3 heterocycles. The molecule has 0 aromatic carbocycles. The van der Waals surface area contributed by atoms with E-state index in [1.54, 1.807) is 23.8 Å². The number of fused-ring (bicyclic) bond motifs is 1. The molecule has 3 amide bonds. The molecule has 0 radical (unpaired) electrons. The van der Waals surface area contributed by atoms with Crippen LogP contribution in [0.2, 0.25) is 0 Å². The summed E-state index contributed by atoms with van der Waals surface area (Å²) in [5, 5.41) is 7.34. The molecule has 2 aliphatic heterocycles. The van der Waals surface area contributed by atoms with E-state index in [0.29, 0.717) is 24.5 Å². The van der Waals surface area contributed by atoms with Crippen molar-refractivity contribution >= 4 is 17.7 Å². The summed E-state index contributed by atoms with van der Waals surface area (Å²) < 4.78 is 4.58. The summed E-state index contributed by atoms with van der Waals surface area (Å²) in [6.07, 6.45) is 0.0834. The number of nitrogens with zero attached hydrogens (tertiary/aromatic N) is 5. The van der Waals surface area contributed by atoms with Crippen molar-refractivity contribution < 1.29 is 19.0 Å². The highest BCUT2D eigenvalue weighted by Gasteiger charge is 2.42. The molecule has 2 fully saturated rings. The summed E-state index contributed by atoms with van der Waals surface area (Å²) in [5.41, 5.74) is 1.08. The Bertz CT molecular complexity index is 628. The minimum absolute atomic E-state index is 0.0734. The lowest BCUT2D eigenvalue weighted by Crippen LogP contribution is -2.66. The first-order chi connectivity index (χ1) is 10.5. The monoisotopic (exact) mass is 307 g/mol. The van der Waals surface area contributed by atoms with Crippen LogP contribution >= 0.6 is 0 Å². The van der Waals surface area contributed by atoms with Crippen molar-refractivity contribution in [1.82, 2.24) is 25.0 Å². The fraction of sp³-hybridized carbons (Fsp3) is 0.615. The van der Waals surface area contributed by atoms with Gasteiger partial charge < -0.3 is 14.7 Å². The number of rotatable bonds is 2. The number of likely N-dealkylation sites (N-methyl/N-ethyl adjacent to an activating group) is 1. The van der Waals surface area contributed by atoms with Crippen LogP contribution in [0.15, 0.2) is 4.63 Å². The van der Waals surface area contributed by atoms with Gasteiger partial charge in [-0.2, -0.15) is 0 Å². The normalized spacial score (nSPS) is 22.1. The molecule has 2 aliphatic rings. The Morgan fingerprint density at radius 1 is 1.32 bits per heavy atom. The predicted molar refractivity (Wildman–Crippen MR) is 72.5 cm³/mol. The molecule has 0 saturated carbocycles. The summed E-state index contributed by atoms with van der Waals surface area (Å²) >= 11 is 0. The van der Waals surface area contributed by atoms with Crippen LogP contribution in [0.5, 0.6) is 0 Å². The topological polar surface area (TPSA) is 99.8 Å². The molecule has 3 rings (SSSR count). The van der Waals surface area contributed by atoms with Crippen LogP contribution in [0, 0.1) is 6.92 Å². The summed E-state index contributed by atoms with van der Waals surface area (Å²) in [6, 6.07) is -0.583. The summed E-state index contributed by atoms with van der Waals surface area (Å²) in [5.74, 6) is -0.348. The summed E-state index contributed by atoms with van der Waals surface area (Å²) in [4.78, 5) is 41.1.